The van der Waals surface area contributed by atoms with Gasteiger partial charge in [-0.05, 0) is 29.7 Å². The van der Waals surface area contributed by atoms with Crippen LogP contribution in [0.4, 0.5) is 0 Å². The molecule has 3 nitrogen and oxygen atoms in total. The molecule has 1 heterocycles. The quantitative estimate of drug-likeness (QED) is 0.872. The summed E-state index contributed by atoms with van der Waals surface area (Å²) < 4.78 is 10.8. The molecule has 1 saturated heterocycles. The molecule has 1 aliphatic heterocycles. The Hall–Kier alpha value is -1.06. The number of rotatable bonds is 5. The molecule has 1 atom stereocenters. The van der Waals surface area contributed by atoms with Crippen LogP contribution in [0, 0.1) is 5.92 Å². The van der Waals surface area contributed by atoms with Crippen molar-refractivity contribution >= 4 is 0 Å². The lowest BCUT2D eigenvalue weighted by molar-refractivity contribution is -0.0439. The first-order valence-corrected chi connectivity index (χ1v) is 6.63. The number of ether oxygens (including phenoxy) is 2. The highest BCUT2D eigenvalue weighted by molar-refractivity contribution is 5.41. The summed E-state index contributed by atoms with van der Waals surface area (Å²) in [5, 5.41) is 0. The van der Waals surface area contributed by atoms with Gasteiger partial charge in [-0.3, -0.25) is 0 Å². The molecule has 1 aliphatic rings. The smallest absolute Gasteiger partial charge is 0.122 e. The van der Waals surface area contributed by atoms with Crippen LogP contribution in [0.25, 0.3) is 0 Å². The van der Waals surface area contributed by atoms with Crippen molar-refractivity contribution in [1.29, 1.82) is 0 Å². The molecule has 2 N–H and O–H groups in total. The first-order valence-electron chi connectivity index (χ1n) is 6.63. The summed E-state index contributed by atoms with van der Waals surface area (Å²) in [4.78, 5) is 0. The van der Waals surface area contributed by atoms with Crippen molar-refractivity contribution in [1.82, 2.24) is 0 Å². The molecule has 1 fully saturated rings. The fraction of sp³-hybridized carbons (Fsp3) is 0.600. The van der Waals surface area contributed by atoms with Gasteiger partial charge < -0.3 is 15.2 Å². The first-order chi connectivity index (χ1) is 8.67. The van der Waals surface area contributed by atoms with Gasteiger partial charge in [0.05, 0.1) is 20.3 Å². The zero-order valence-electron chi connectivity index (χ0n) is 11.5. The molecule has 1 unspecified atom stereocenters. The fourth-order valence-corrected chi connectivity index (χ4v) is 2.46. The molecule has 0 saturated carbocycles. The maximum Gasteiger partial charge on any atom is 0.122 e. The van der Waals surface area contributed by atoms with Crippen LogP contribution in [-0.4, -0.2) is 26.9 Å². The van der Waals surface area contributed by atoms with E-state index < -0.39 is 0 Å². The molecule has 0 radical (unpaired) electrons. The minimum atomic E-state index is 0.340. The van der Waals surface area contributed by atoms with Gasteiger partial charge in [0, 0.05) is 11.8 Å². The fourth-order valence-electron chi connectivity index (χ4n) is 2.46. The number of nitrogens with two attached hydrogens (primary N) is 1. The van der Waals surface area contributed by atoms with Crippen molar-refractivity contribution in [2.75, 3.05) is 26.9 Å². The van der Waals surface area contributed by atoms with Gasteiger partial charge in [0.2, 0.25) is 0 Å². The number of hydrogen-bond acceptors (Lipinski definition) is 3. The van der Waals surface area contributed by atoms with Gasteiger partial charge in [-0.15, -0.1) is 0 Å². The van der Waals surface area contributed by atoms with Crippen molar-refractivity contribution in [3.8, 4) is 5.75 Å². The zero-order chi connectivity index (χ0) is 13.1. The Morgan fingerprint density at radius 3 is 2.56 bits per heavy atom. The third-order valence-corrected chi connectivity index (χ3v) is 3.81. The van der Waals surface area contributed by atoms with Crippen molar-refractivity contribution in [2.45, 2.75) is 25.7 Å². The van der Waals surface area contributed by atoms with Crippen LogP contribution >= 0.6 is 0 Å². The Balaban J connectivity index is 2.34. The van der Waals surface area contributed by atoms with Gasteiger partial charge >= 0.3 is 0 Å². The standard InChI is InChI=1S/C15H23NO2/c1-10(2)11-4-5-15(17-3)13(6-11)14(7-16)12-8-18-9-12/h4-6,10,12,14H,7-9,16H2,1-3H3. The summed E-state index contributed by atoms with van der Waals surface area (Å²) in [7, 11) is 1.72. The molecular formula is C15H23NO2. The number of methoxy groups -OCH3 is 1. The minimum Gasteiger partial charge on any atom is -0.496 e. The lowest BCUT2D eigenvalue weighted by Crippen LogP contribution is -2.36. The van der Waals surface area contributed by atoms with E-state index in [9.17, 15) is 0 Å². The zero-order valence-corrected chi connectivity index (χ0v) is 11.5. The highest BCUT2D eigenvalue weighted by atomic mass is 16.5. The van der Waals surface area contributed by atoms with Crippen molar-refractivity contribution < 1.29 is 9.47 Å². The van der Waals surface area contributed by atoms with Gasteiger partial charge in [-0.2, -0.15) is 0 Å². The molecule has 0 spiro atoms. The minimum absolute atomic E-state index is 0.340. The van der Waals surface area contributed by atoms with Crippen molar-refractivity contribution in [2.24, 2.45) is 11.7 Å². The van der Waals surface area contributed by atoms with E-state index in [1.807, 2.05) is 0 Å². The summed E-state index contributed by atoms with van der Waals surface area (Å²) in [5.74, 6) is 2.34. The van der Waals surface area contributed by atoms with Gasteiger partial charge in [-0.1, -0.05) is 26.0 Å². The first kappa shape index (κ1) is 13.4. The van der Waals surface area contributed by atoms with E-state index in [0.29, 0.717) is 24.3 Å². The third-order valence-electron chi connectivity index (χ3n) is 3.81. The maximum absolute atomic E-state index is 5.95. The normalized spacial score (nSPS) is 17.6. The molecule has 0 bridgehead atoms. The van der Waals surface area contributed by atoms with Gasteiger partial charge in [0.1, 0.15) is 5.75 Å². The summed E-state index contributed by atoms with van der Waals surface area (Å²) >= 11 is 0. The molecule has 100 valence electrons. The van der Waals surface area contributed by atoms with Gasteiger partial charge in [0.15, 0.2) is 0 Å². The molecule has 2 rings (SSSR count). The van der Waals surface area contributed by atoms with E-state index >= 15 is 0 Å². The Kier molecular flexibility index (Phi) is 4.25. The Morgan fingerprint density at radius 1 is 1.39 bits per heavy atom. The van der Waals surface area contributed by atoms with Crippen LogP contribution in [0.15, 0.2) is 18.2 Å². The molecule has 0 aromatic heterocycles. The largest absolute Gasteiger partial charge is 0.496 e. The van der Waals surface area contributed by atoms with Crippen LogP contribution in [-0.2, 0) is 4.74 Å². The van der Waals surface area contributed by atoms with Crippen LogP contribution in [0.3, 0.4) is 0 Å². The average molecular weight is 249 g/mol. The molecule has 3 heteroatoms. The number of hydrogen-bond donors (Lipinski definition) is 1. The Bertz CT molecular complexity index is 399. The lowest BCUT2D eigenvalue weighted by atomic mass is 9.83. The average Bonchev–Trinajstić information content (AvgIpc) is 2.32. The van der Waals surface area contributed by atoms with E-state index in [0.717, 1.165) is 19.0 Å². The Labute approximate surface area is 109 Å². The topological polar surface area (TPSA) is 44.5 Å². The van der Waals surface area contributed by atoms with E-state index in [1.54, 1.807) is 7.11 Å². The van der Waals surface area contributed by atoms with E-state index in [2.05, 4.69) is 32.0 Å². The van der Waals surface area contributed by atoms with E-state index in [-0.39, 0.29) is 0 Å². The van der Waals surface area contributed by atoms with Crippen molar-refractivity contribution in [3.63, 3.8) is 0 Å². The second-order valence-electron chi connectivity index (χ2n) is 5.30. The highest BCUT2D eigenvalue weighted by Gasteiger charge is 2.30. The van der Waals surface area contributed by atoms with Crippen LogP contribution in [0.1, 0.15) is 36.8 Å². The van der Waals surface area contributed by atoms with Crippen LogP contribution < -0.4 is 10.5 Å². The third kappa shape index (κ3) is 2.52. The predicted molar refractivity (Wildman–Crippen MR) is 73.2 cm³/mol. The summed E-state index contributed by atoms with van der Waals surface area (Å²) in [6.07, 6.45) is 0. The molecule has 1 aromatic carbocycles. The van der Waals surface area contributed by atoms with Gasteiger partial charge in [0.25, 0.3) is 0 Å². The second kappa shape index (κ2) is 5.72. The summed E-state index contributed by atoms with van der Waals surface area (Å²) in [6, 6.07) is 6.45. The predicted octanol–water partition coefficient (Wildman–Crippen LogP) is 2.51. The highest BCUT2D eigenvalue weighted by Crippen LogP contribution is 2.36. The molecule has 0 amide bonds. The van der Waals surface area contributed by atoms with Crippen molar-refractivity contribution in [3.05, 3.63) is 29.3 Å². The summed E-state index contributed by atoms with van der Waals surface area (Å²) in [6.45, 7) is 6.69. The monoisotopic (exact) mass is 249 g/mol. The second-order valence-corrected chi connectivity index (χ2v) is 5.30. The molecule has 18 heavy (non-hydrogen) atoms. The van der Waals surface area contributed by atoms with Gasteiger partial charge in [-0.25, -0.2) is 0 Å². The maximum atomic E-state index is 5.95. The van der Waals surface area contributed by atoms with Crippen LogP contribution in [0.5, 0.6) is 5.75 Å². The Morgan fingerprint density at radius 2 is 2.11 bits per heavy atom. The van der Waals surface area contributed by atoms with E-state index in [4.69, 9.17) is 15.2 Å². The van der Waals surface area contributed by atoms with E-state index in [1.165, 1.54) is 11.1 Å². The summed E-state index contributed by atoms with van der Waals surface area (Å²) in [5.41, 5.74) is 8.53. The molecule has 1 aromatic rings. The van der Waals surface area contributed by atoms with Crippen LogP contribution in [0.2, 0.25) is 0 Å². The lowest BCUT2D eigenvalue weighted by Gasteiger charge is -2.34. The molecule has 0 aliphatic carbocycles. The number of benzene rings is 1. The SMILES string of the molecule is COc1ccc(C(C)C)cc1C(CN)C1COC1. The molecular weight excluding hydrogens is 226 g/mol.